The van der Waals surface area contributed by atoms with E-state index < -0.39 is 0 Å². The Morgan fingerprint density at radius 2 is 1.86 bits per heavy atom. The molecule has 0 fully saturated rings. The predicted molar refractivity (Wildman–Crippen MR) is 92.8 cm³/mol. The summed E-state index contributed by atoms with van der Waals surface area (Å²) in [6, 6.07) is 5.73. The Hall–Kier alpha value is -0.610. The fraction of sp³-hybridized carbons (Fsp3) is 0.438. The molecule has 1 atom stereocenters. The first-order chi connectivity index (χ1) is 10.0. The molecule has 1 N–H and O–H groups in total. The lowest BCUT2D eigenvalue weighted by molar-refractivity contribution is 0.594. The van der Waals surface area contributed by atoms with Crippen molar-refractivity contribution in [2.45, 2.75) is 39.7 Å². The molecule has 0 spiro atoms. The number of nitrogens with one attached hydrogen (secondary N) is 1. The van der Waals surface area contributed by atoms with E-state index in [0.717, 1.165) is 30.0 Å². The summed E-state index contributed by atoms with van der Waals surface area (Å²) in [6.07, 6.45) is 2.02. The largest absolute Gasteiger partial charge is 0.304 e. The average Bonchev–Trinajstić information content (AvgIpc) is 2.79. The number of benzene rings is 1. The third-order valence-electron chi connectivity index (χ3n) is 3.31. The van der Waals surface area contributed by atoms with Crippen LogP contribution in [0.25, 0.3) is 0 Å². The van der Waals surface area contributed by atoms with Gasteiger partial charge in [-0.2, -0.15) is 0 Å². The molecule has 0 aliphatic rings. The highest BCUT2D eigenvalue weighted by molar-refractivity contribution is 7.11. The first-order valence-corrected chi connectivity index (χ1v) is 8.78. The smallest absolute Gasteiger partial charge is 0.115 e. The summed E-state index contributed by atoms with van der Waals surface area (Å²) in [5.41, 5.74) is 2.24. The molecular formula is C16H20Cl2N2S. The van der Waals surface area contributed by atoms with Gasteiger partial charge in [0.15, 0.2) is 0 Å². The summed E-state index contributed by atoms with van der Waals surface area (Å²) in [6.45, 7) is 7.34. The van der Waals surface area contributed by atoms with Gasteiger partial charge in [0, 0.05) is 14.9 Å². The Bertz CT molecular complexity index is 590. The molecule has 1 heterocycles. The molecule has 0 bridgehead atoms. The van der Waals surface area contributed by atoms with Crippen molar-refractivity contribution in [2.75, 3.05) is 6.54 Å². The van der Waals surface area contributed by atoms with Gasteiger partial charge in [-0.15, -0.1) is 11.3 Å². The molecule has 0 aliphatic heterocycles. The molecule has 0 radical (unpaired) electrons. The number of thiazole rings is 1. The predicted octanol–water partition coefficient (Wildman–Crippen LogP) is 5.41. The van der Waals surface area contributed by atoms with Crippen LogP contribution >= 0.6 is 34.5 Å². The van der Waals surface area contributed by atoms with Crippen LogP contribution in [-0.2, 0) is 6.42 Å². The minimum Gasteiger partial charge on any atom is -0.304 e. The second-order valence-electron chi connectivity index (χ2n) is 5.00. The van der Waals surface area contributed by atoms with Crippen LogP contribution in [0.15, 0.2) is 18.2 Å². The Balaban J connectivity index is 2.41. The number of nitrogens with zero attached hydrogens (tertiary/aromatic N) is 1. The molecule has 2 rings (SSSR count). The number of aromatic nitrogens is 1. The summed E-state index contributed by atoms with van der Waals surface area (Å²) < 4.78 is 0. The van der Waals surface area contributed by atoms with Gasteiger partial charge < -0.3 is 5.32 Å². The zero-order valence-corrected chi connectivity index (χ0v) is 14.9. The third kappa shape index (κ3) is 4.19. The van der Waals surface area contributed by atoms with Crippen LogP contribution in [0.5, 0.6) is 0 Å². The van der Waals surface area contributed by atoms with E-state index in [-0.39, 0.29) is 6.04 Å². The first-order valence-electron chi connectivity index (χ1n) is 7.20. The number of aryl methyl sites for hydroxylation is 2. The van der Waals surface area contributed by atoms with Gasteiger partial charge in [-0.25, -0.2) is 4.98 Å². The highest BCUT2D eigenvalue weighted by atomic mass is 35.5. The zero-order chi connectivity index (χ0) is 15.4. The Labute approximate surface area is 140 Å². The van der Waals surface area contributed by atoms with Gasteiger partial charge in [-0.1, -0.05) is 37.0 Å². The monoisotopic (exact) mass is 342 g/mol. The Morgan fingerprint density at radius 3 is 2.38 bits per heavy atom. The molecule has 1 aromatic heterocycles. The molecule has 1 aromatic carbocycles. The lowest BCUT2D eigenvalue weighted by Gasteiger charge is -2.17. The SMILES string of the molecule is CCCNC(c1cc(Cl)cc(Cl)c1)c1nc(CC)c(C)s1. The number of hydrogen-bond donors (Lipinski definition) is 1. The quantitative estimate of drug-likeness (QED) is 0.759. The van der Waals surface area contributed by atoms with Crippen molar-refractivity contribution in [3.63, 3.8) is 0 Å². The van der Waals surface area contributed by atoms with Gasteiger partial charge in [-0.3, -0.25) is 0 Å². The van der Waals surface area contributed by atoms with Crippen LogP contribution in [0.2, 0.25) is 10.0 Å². The number of halogens is 2. The minimum atomic E-state index is 0.0464. The van der Waals surface area contributed by atoms with Gasteiger partial charge in [0.2, 0.25) is 0 Å². The maximum atomic E-state index is 6.15. The van der Waals surface area contributed by atoms with Gasteiger partial charge in [-0.05, 0) is 50.1 Å². The van der Waals surface area contributed by atoms with Gasteiger partial charge in [0.1, 0.15) is 5.01 Å². The summed E-state index contributed by atoms with van der Waals surface area (Å²) in [5, 5.41) is 5.95. The van der Waals surface area contributed by atoms with E-state index in [2.05, 4.69) is 26.1 Å². The fourth-order valence-corrected chi connectivity index (χ4v) is 3.94. The maximum Gasteiger partial charge on any atom is 0.115 e. The Kier molecular flexibility index (Phi) is 6.06. The van der Waals surface area contributed by atoms with Crippen LogP contribution in [0.3, 0.4) is 0 Å². The van der Waals surface area contributed by atoms with Gasteiger partial charge in [0.05, 0.1) is 11.7 Å². The average molecular weight is 343 g/mol. The molecular weight excluding hydrogens is 323 g/mol. The van der Waals surface area contributed by atoms with Crippen molar-refractivity contribution in [3.8, 4) is 0 Å². The lowest BCUT2D eigenvalue weighted by atomic mass is 10.1. The lowest BCUT2D eigenvalue weighted by Crippen LogP contribution is -2.23. The molecule has 0 saturated heterocycles. The van der Waals surface area contributed by atoms with E-state index in [1.54, 1.807) is 17.4 Å². The summed E-state index contributed by atoms with van der Waals surface area (Å²) in [4.78, 5) is 6.07. The zero-order valence-electron chi connectivity index (χ0n) is 12.5. The van der Waals surface area contributed by atoms with E-state index in [1.807, 2.05) is 12.1 Å². The second kappa shape index (κ2) is 7.59. The number of rotatable bonds is 6. The van der Waals surface area contributed by atoms with Crippen molar-refractivity contribution in [1.29, 1.82) is 0 Å². The van der Waals surface area contributed by atoms with Crippen LogP contribution in [-0.4, -0.2) is 11.5 Å². The highest BCUT2D eigenvalue weighted by Gasteiger charge is 2.19. The molecule has 1 unspecified atom stereocenters. The van der Waals surface area contributed by atoms with Crippen molar-refractivity contribution in [2.24, 2.45) is 0 Å². The minimum absolute atomic E-state index is 0.0464. The van der Waals surface area contributed by atoms with Crippen molar-refractivity contribution >= 4 is 34.5 Å². The van der Waals surface area contributed by atoms with Gasteiger partial charge >= 0.3 is 0 Å². The van der Waals surface area contributed by atoms with Crippen LogP contribution in [0, 0.1) is 6.92 Å². The van der Waals surface area contributed by atoms with E-state index in [9.17, 15) is 0 Å². The van der Waals surface area contributed by atoms with Crippen molar-refractivity contribution in [1.82, 2.24) is 10.3 Å². The van der Waals surface area contributed by atoms with Crippen LogP contribution in [0.1, 0.15) is 47.5 Å². The van der Waals surface area contributed by atoms with Crippen molar-refractivity contribution in [3.05, 3.63) is 49.4 Å². The summed E-state index contributed by atoms with van der Waals surface area (Å²) >= 11 is 14.0. The number of hydrogen-bond acceptors (Lipinski definition) is 3. The normalized spacial score (nSPS) is 12.6. The Morgan fingerprint density at radius 1 is 1.19 bits per heavy atom. The standard InChI is InChI=1S/C16H20Cl2N2S/c1-4-6-19-15(11-7-12(17)9-13(18)8-11)16-20-14(5-2)10(3)21-16/h7-9,15,19H,4-6H2,1-3H3. The van der Waals surface area contributed by atoms with Gasteiger partial charge in [0.25, 0.3) is 0 Å². The molecule has 2 nitrogen and oxygen atoms in total. The fourth-order valence-electron chi connectivity index (χ4n) is 2.28. The molecule has 0 saturated carbocycles. The van der Waals surface area contributed by atoms with E-state index in [0.29, 0.717) is 10.0 Å². The van der Waals surface area contributed by atoms with E-state index >= 15 is 0 Å². The van der Waals surface area contributed by atoms with Crippen molar-refractivity contribution < 1.29 is 0 Å². The molecule has 0 amide bonds. The van der Waals surface area contributed by atoms with E-state index in [1.165, 1.54) is 10.6 Å². The van der Waals surface area contributed by atoms with Crippen LogP contribution in [0.4, 0.5) is 0 Å². The topological polar surface area (TPSA) is 24.9 Å². The third-order valence-corrected chi connectivity index (χ3v) is 4.82. The summed E-state index contributed by atoms with van der Waals surface area (Å²) in [5.74, 6) is 0. The van der Waals surface area contributed by atoms with Crippen LogP contribution < -0.4 is 5.32 Å². The summed E-state index contributed by atoms with van der Waals surface area (Å²) in [7, 11) is 0. The highest BCUT2D eigenvalue weighted by Crippen LogP contribution is 2.31. The molecule has 2 aromatic rings. The second-order valence-corrected chi connectivity index (χ2v) is 7.11. The molecule has 21 heavy (non-hydrogen) atoms. The first kappa shape index (κ1) is 16.8. The van der Waals surface area contributed by atoms with E-state index in [4.69, 9.17) is 28.2 Å². The molecule has 0 aliphatic carbocycles. The molecule has 5 heteroatoms. The molecule has 114 valence electrons. The maximum absolute atomic E-state index is 6.15.